The molecule has 1 aromatic rings. The highest BCUT2D eigenvalue weighted by Gasteiger charge is 2.27. The molecule has 134 valence electrons. The molecule has 1 aliphatic rings. The SMILES string of the molecule is CCNC(=O)[C@H]1CCCN(C(=O)CNC(=O)/C=C\c2ccccc2)C1. The highest BCUT2D eigenvalue weighted by atomic mass is 16.2. The van der Waals surface area contributed by atoms with Crippen LogP contribution in [-0.4, -0.2) is 48.8 Å². The Morgan fingerprint density at radius 1 is 1.20 bits per heavy atom. The number of hydrogen-bond acceptors (Lipinski definition) is 3. The first kappa shape index (κ1) is 18.7. The van der Waals surface area contributed by atoms with E-state index in [1.54, 1.807) is 11.0 Å². The fourth-order valence-electron chi connectivity index (χ4n) is 2.81. The van der Waals surface area contributed by atoms with Gasteiger partial charge in [-0.1, -0.05) is 30.3 Å². The average Bonchev–Trinajstić information content (AvgIpc) is 2.65. The van der Waals surface area contributed by atoms with E-state index in [1.165, 1.54) is 6.08 Å². The quantitative estimate of drug-likeness (QED) is 0.762. The van der Waals surface area contributed by atoms with Gasteiger partial charge in [0.2, 0.25) is 17.7 Å². The van der Waals surface area contributed by atoms with Crippen molar-refractivity contribution >= 4 is 23.8 Å². The Morgan fingerprint density at radius 2 is 1.96 bits per heavy atom. The minimum absolute atomic E-state index is 0.00479. The summed E-state index contributed by atoms with van der Waals surface area (Å²) in [6, 6.07) is 9.47. The van der Waals surface area contributed by atoms with Crippen LogP contribution < -0.4 is 10.6 Å². The van der Waals surface area contributed by atoms with Gasteiger partial charge in [0.1, 0.15) is 0 Å². The van der Waals surface area contributed by atoms with Crippen LogP contribution in [0.2, 0.25) is 0 Å². The lowest BCUT2D eigenvalue weighted by atomic mass is 9.97. The number of nitrogens with one attached hydrogen (secondary N) is 2. The molecule has 0 radical (unpaired) electrons. The maximum Gasteiger partial charge on any atom is 0.244 e. The van der Waals surface area contributed by atoms with E-state index in [-0.39, 0.29) is 30.2 Å². The Kier molecular flexibility index (Phi) is 7.19. The third-order valence-electron chi connectivity index (χ3n) is 4.14. The van der Waals surface area contributed by atoms with E-state index in [9.17, 15) is 14.4 Å². The Balaban J connectivity index is 1.78. The zero-order chi connectivity index (χ0) is 18.1. The molecule has 0 spiro atoms. The number of amides is 3. The largest absolute Gasteiger partial charge is 0.356 e. The normalized spacial score (nSPS) is 17.3. The van der Waals surface area contributed by atoms with Crippen molar-refractivity contribution in [2.75, 3.05) is 26.2 Å². The summed E-state index contributed by atoms with van der Waals surface area (Å²) < 4.78 is 0. The molecule has 0 bridgehead atoms. The van der Waals surface area contributed by atoms with E-state index in [4.69, 9.17) is 0 Å². The van der Waals surface area contributed by atoms with Gasteiger partial charge in [-0.2, -0.15) is 0 Å². The molecule has 1 heterocycles. The van der Waals surface area contributed by atoms with Crippen molar-refractivity contribution in [2.45, 2.75) is 19.8 Å². The van der Waals surface area contributed by atoms with Gasteiger partial charge < -0.3 is 15.5 Å². The minimum Gasteiger partial charge on any atom is -0.356 e. The topological polar surface area (TPSA) is 78.5 Å². The third kappa shape index (κ3) is 6.06. The highest BCUT2D eigenvalue weighted by Crippen LogP contribution is 2.16. The van der Waals surface area contributed by atoms with E-state index >= 15 is 0 Å². The zero-order valence-corrected chi connectivity index (χ0v) is 14.5. The Labute approximate surface area is 148 Å². The lowest BCUT2D eigenvalue weighted by Crippen LogP contribution is -2.48. The summed E-state index contributed by atoms with van der Waals surface area (Å²) in [6.45, 7) is 3.46. The van der Waals surface area contributed by atoms with E-state index in [2.05, 4.69) is 10.6 Å². The van der Waals surface area contributed by atoms with Crippen molar-refractivity contribution in [1.82, 2.24) is 15.5 Å². The van der Waals surface area contributed by atoms with E-state index in [0.29, 0.717) is 19.6 Å². The first-order valence-electron chi connectivity index (χ1n) is 8.66. The molecule has 0 unspecified atom stereocenters. The van der Waals surface area contributed by atoms with Crippen LogP contribution >= 0.6 is 0 Å². The highest BCUT2D eigenvalue weighted by molar-refractivity contribution is 5.94. The van der Waals surface area contributed by atoms with Gasteiger partial charge in [-0.05, 0) is 31.4 Å². The van der Waals surface area contributed by atoms with E-state index < -0.39 is 0 Å². The summed E-state index contributed by atoms with van der Waals surface area (Å²) in [6.07, 6.45) is 4.71. The molecule has 25 heavy (non-hydrogen) atoms. The van der Waals surface area contributed by atoms with Gasteiger partial charge in [0.15, 0.2) is 0 Å². The zero-order valence-electron chi connectivity index (χ0n) is 14.5. The summed E-state index contributed by atoms with van der Waals surface area (Å²) >= 11 is 0. The number of carbonyl (C=O) groups is 3. The van der Waals surface area contributed by atoms with Gasteiger partial charge in [0.05, 0.1) is 12.5 Å². The van der Waals surface area contributed by atoms with Gasteiger partial charge in [-0.3, -0.25) is 14.4 Å². The van der Waals surface area contributed by atoms with Gasteiger partial charge in [-0.15, -0.1) is 0 Å². The van der Waals surface area contributed by atoms with E-state index in [0.717, 1.165) is 18.4 Å². The second-order valence-corrected chi connectivity index (χ2v) is 6.04. The van der Waals surface area contributed by atoms with Gasteiger partial charge in [0.25, 0.3) is 0 Å². The number of piperidine rings is 1. The van der Waals surface area contributed by atoms with Crippen LogP contribution in [-0.2, 0) is 14.4 Å². The van der Waals surface area contributed by atoms with Crippen LogP contribution in [0.5, 0.6) is 0 Å². The molecule has 6 nitrogen and oxygen atoms in total. The molecule has 6 heteroatoms. The lowest BCUT2D eigenvalue weighted by molar-refractivity contribution is -0.136. The molecule has 2 rings (SSSR count). The number of nitrogens with zero attached hydrogens (tertiary/aromatic N) is 1. The second kappa shape index (κ2) is 9.61. The molecule has 1 fully saturated rings. The first-order valence-corrected chi connectivity index (χ1v) is 8.66. The van der Waals surface area contributed by atoms with Crippen LogP contribution in [0.4, 0.5) is 0 Å². The molecule has 1 atom stereocenters. The molecular formula is C19H25N3O3. The summed E-state index contributed by atoms with van der Waals surface area (Å²) in [5.41, 5.74) is 0.921. The summed E-state index contributed by atoms with van der Waals surface area (Å²) in [7, 11) is 0. The predicted octanol–water partition coefficient (Wildman–Crippen LogP) is 1.19. The monoisotopic (exact) mass is 343 g/mol. The Morgan fingerprint density at radius 3 is 2.68 bits per heavy atom. The van der Waals surface area contributed by atoms with Crippen LogP contribution in [0, 0.1) is 5.92 Å². The average molecular weight is 343 g/mol. The molecule has 2 N–H and O–H groups in total. The summed E-state index contributed by atoms with van der Waals surface area (Å²) in [4.78, 5) is 37.7. The molecule has 0 aliphatic carbocycles. The van der Waals surface area contributed by atoms with Crippen molar-refractivity contribution in [3.8, 4) is 0 Å². The van der Waals surface area contributed by atoms with Gasteiger partial charge >= 0.3 is 0 Å². The number of benzene rings is 1. The molecule has 0 aromatic heterocycles. The van der Waals surface area contributed by atoms with Gasteiger partial charge in [0, 0.05) is 25.7 Å². The molecule has 1 aromatic carbocycles. The summed E-state index contributed by atoms with van der Waals surface area (Å²) in [5.74, 6) is -0.633. The maximum absolute atomic E-state index is 12.3. The Bertz CT molecular complexity index is 628. The molecule has 1 saturated heterocycles. The van der Waals surface area contributed by atoms with E-state index in [1.807, 2.05) is 37.3 Å². The van der Waals surface area contributed by atoms with Crippen LogP contribution in [0.25, 0.3) is 6.08 Å². The van der Waals surface area contributed by atoms with Gasteiger partial charge in [-0.25, -0.2) is 0 Å². The lowest BCUT2D eigenvalue weighted by Gasteiger charge is -2.32. The molecule has 1 aliphatic heterocycles. The van der Waals surface area contributed by atoms with Crippen molar-refractivity contribution in [2.24, 2.45) is 5.92 Å². The van der Waals surface area contributed by atoms with Crippen molar-refractivity contribution < 1.29 is 14.4 Å². The van der Waals surface area contributed by atoms with Crippen LogP contribution in [0.3, 0.4) is 0 Å². The number of likely N-dealkylation sites (tertiary alicyclic amines) is 1. The van der Waals surface area contributed by atoms with Crippen molar-refractivity contribution in [3.05, 3.63) is 42.0 Å². The number of carbonyl (C=O) groups excluding carboxylic acids is 3. The Hall–Kier alpha value is -2.63. The molecule has 3 amide bonds. The number of hydrogen-bond donors (Lipinski definition) is 2. The fourth-order valence-corrected chi connectivity index (χ4v) is 2.81. The summed E-state index contributed by atoms with van der Waals surface area (Å²) in [5, 5.41) is 5.40. The second-order valence-electron chi connectivity index (χ2n) is 6.04. The maximum atomic E-state index is 12.3. The smallest absolute Gasteiger partial charge is 0.244 e. The number of rotatable bonds is 6. The minimum atomic E-state index is -0.311. The van der Waals surface area contributed by atoms with Crippen molar-refractivity contribution in [1.29, 1.82) is 0 Å². The molecular weight excluding hydrogens is 318 g/mol. The molecule has 0 saturated carbocycles. The van der Waals surface area contributed by atoms with Crippen LogP contribution in [0.1, 0.15) is 25.3 Å². The first-order chi connectivity index (χ1) is 12.1. The van der Waals surface area contributed by atoms with Crippen LogP contribution in [0.15, 0.2) is 36.4 Å². The fraction of sp³-hybridized carbons (Fsp3) is 0.421. The van der Waals surface area contributed by atoms with Crippen molar-refractivity contribution in [3.63, 3.8) is 0 Å². The standard InChI is InChI=1S/C19H25N3O3/c1-2-20-19(25)16-9-6-12-22(14-16)18(24)13-21-17(23)11-10-15-7-4-3-5-8-15/h3-5,7-8,10-11,16H,2,6,9,12-14H2,1H3,(H,20,25)(H,21,23)/b11-10-/t16-/m0/s1. The predicted molar refractivity (Wildman–Crippen MR) is 96.5 cm³/mol. The third-order valence-corrected chi connectivity index (χ3v) is 4.14.